The predicted molar refractivity (Wildman–Crippen MR) is 209 cm³/mol. The molecule has 0 aliphatic carbocycles. The van der Waals surface area contributed by atoms with Gasteiger partial charge in [0.1, 0.15) is 11.2 Å². The summed E-state index contributed by atoms with van der Waals surface area (Å²) in [5.41, 5.74) is 6.55. The molecule has 0 fully saturated rings. The molecule has 50 heavy (non-hydrogen) atoms. The largest absolute Gasteiger partial charge is 0.455 e. The second-order valence-electron chi connectivity index (χ2n) is 12.3. The molecule has 0 saturated carbocycles. The first kappa shape index (κ1) is 29.5. The quantitative estimate of drug-likeness (QED) is 0.170. The van der Waals surface area contributed by atoms with Crippen LogP contribution < -0.4 is 0 Å². The van der Waals surface area contributed by atoms with Gasteiger partial charge in [-0.05, 0) is 57.1 Å². The summed E-state index contributed by atoms with van der Waals surface area (Å²) in [4.78, 5) is 15.7. The molecule has 9 aromatic rings. The van der Waals surface area contributed by atoms with E-state index in [-0.39, 0.29) is 0 Å². The van der Waals surface area contributed by atoms with Crippen LogP contribution in [-0.2, 0) is 0 Å². The summed E-state index contributed by atoms with van der Waals surface area (Å²) in [7, 11) is 0. The van der Waals surface area contributed by atoms with Crippen molar-refractivity contribution in [1.82, 2.24) is 15.0 Å². The first-order chi connectivity index (χ1) is 24.7. The van der Waals surface area contributed by atoms with E-state index >= 15 is 0 Å². The number of nitrogens with zero attached hydrogens (tertiary/aromatic N) is 3. The second kappa shape index (κ2) is 12.1. The number of hydrogen-bond acceptors (Lipinski definition) is 4. The Morgan fingerprint density at radius 1 is 0.560 bits per heavy atom. The average molecular weight is 642 g/mol. The van der Waals surface area contributed by atoms with Crippen LogP contribution in [0.5, 0.6) is 0 Å². The van der Waals surface area contributed by atoms with Crippen molar-refractivity contribution in [2.75, 3.05) is 0 Å². The highest BCUT2D eigenvalue weighted by Crippen LogP contribution is 2.42. The van der Waals surface area contributed by atoms with Gasteiger partial charge in [0.15, 0.2) is 17.5 Å². The first-order valence-corrected chi connectivity index (χ1v) is 16.8. The van der Waals surface area contributed by atoms with E-state index in [1.54, 1.807) is 0 Å². The van der Waals surface area contributed by atoms with Gasteiger partial charge in [-0.15, -0.1) is 0 Å². The second-order valence-corrected chi connectivity index (χ2v) is 12.3. The summed E-state index contributed by atoms with van der Waals surface area (Å²) < 4.78 is 6.65. The molecule has 0 amide bonds. The molecule has 9 rings (SSSR count). The van der Waals surface area contributed by atoms with Crippen LogP contribution in [0.4, 0.5) is 0 Å². The molecule has 0 bridgehead atoms. The molecule has 0 aliphatic heterocycles. The van der Waals surface area contributed by atoms with Gasteiger partial charge in [0, 0.05) is 32.8 Å². The van der Waals surface area contributed by atoms with Gasteiger partial charge in [-0.3, -0.25) is 0 Å². The van der Waals surface area contributed by atoms with Gasteiger partial charge in [-0.25, -0.2) is 15.0 Å². The molecular weight excluding hydrogens is 611 g/mol. The van der Waals surface area contributed by atoms with Crippen molar-refractivity contribution in [3.63, 3.8) is 0 Å². The molecule has 0 unspecified atom stereocenters. The van der Waals surface area contributed by atoms with Crippen molar-refractivity contribution in [3.05, 3.63) is 170 Å². The van der Waals surface area contributed by atoms with Crippen molar-refractivity contribution < 1.29 is 4.42 Å². The third kappa shape index (κ3) is 4.81. The lowest BCUT2D eigenvalue weighted by atomic mass is 9.95. The highest BCUT2D eigenvalue weighted by atomic mass is 16.3. The van der Waals surface area contributed by atoms with Crippen molar-refractivity contribution in [1.29, 1.82) is 0 Å². The number of rotatable bonds is 6. The van der Waals surface area contributed by atoms with E-state index in [9.17, 15) is 0 Å². The van der Waals surface area contributed by atoms with Crippen molar-refractivity contribution in [2.24, 2.45) is 0 Å². The van der Waals surface area contributed by atoms with Gasteiger partial charge < -0.3 is 4.42 Å². The number of allylic oxidation sites excluding steroid dienone is 5. The minimum Gasteiger partial charge on any atom is -0.455 e. The van der Waals surface area contributed by atoms with Gasteiger partial charge in [-0.2, -0.15) is 0 Å². The lowest BCUT2D eigenvalue weighted by Gasteiger charge is -2.13. The zero-order valence-corrected chi connectivity index (χ0v) is 27.5. The van der Waals surface area contributed by atoms with Gasteiger partial charge >= 0.3 is 0 Å². The predicted octanol–water partition coefficient (Wildman–Crippen LogP) is 12.4. The fraction of sp³-hybridized carbons (Fsp3) is 0.0217. The lowest BCUT2D eigenvalue weighted by molar-refractivity contribution is 0.672. The van der Waals surface area contributed by atoms with Gasteiger partial charge in [0.05, 0.1) is 0 Å². The molecule has 0 aliphatic rings. The number of benzene rings is 7. The van der Waals surface area contributed by atoms with E-state index in [2.05, 4.69) is 134 Å². The van der Waals surface area contributed by atoms with Crippen LogP contribution in [-0.4, -0.2) is 15.0 Å². The van der Waals surface area contributed by atoms with Crippen LogP contribution >= 0.6 is 0 Å². The third-order valence-electron chi connectivity index (χ3n) is 9.44. The molecule has 0 spiro atoms. The van der Waals surface area contributed by atoms with Crippen LogP contribution in [0.15, 0.2) is 169 Å². The number of fused-ring (bicyclic) bond motifs is 7. The molecule has 0 atom stereocenters. The Balaban J connectivity index is 1.39. The van der Waals surface area contributed by atoms with E-state index in [1.807, 2.05) is 37.3 Å². The molecule has 0 N–H and O–H groups in total. The van der Waals surface area contributed by atoms with Crippen LogP contribution in [0.3, 0.4) is 0 Å². The highest BCUT2D eigenvalue weighted by Gasteiger charge is 2.21. The summed E-state index contributed by atoms with van der Waals surface area (Å²) in [5, 5.41) is 8.47. The smallest absolute Gasteiger partial charge is 0.164 e. The van der Waals surface area contributed by atoms with Crippen molar-refractivity contribution >= 4 is 59.8 Å². The van der Waals surface area contributed by atoms with E-state index in [0.29, 0.717) is 17.5 Å². The van der Waals surface area contributed by atoms with E-state index in [1.165, 1.54) is 0 Å². The molecule has 4 heteroatoms. The van der Waals surface area contributed by atoms with Gasteiger partial charge in [0.2, 0.25) is 0 Å². The average Bonchev–Trinajstić information content (AvgIpc) is 3.57. The molecule has 0 saturated heterocycles. The minimum atomic E-state index is 0.601. The van der Waals surface area contributed by atoms with Gasteiger partial charge in [-0.1, -0.05) is 152 Å². The summed E-state index contributed by atoms with van der Waals surface area (Å²) in [5.74, 6) is 1.85. The van der Waals surface area contributed by atoms with Crippen molar-refractivity contribution in [2.45, 2.75) is 6.92 Å². The highest BCUT2D eigenvalue weighted by molar-refractivity contribution is 6.21. The Kier molecular flexibility index (Phi) is 7.14. The molecule has 236 valence electrons. The first-order valence-electron chi connectivity index (χ1n) is 16.8. The molecule has 2 heterocycles. The van der Waals surface area contributed by atoms with Crippen LogP contribution in [0.2, 0.25) is 0 Å². The van der Waals surface area contributed by atoms with E-state index in [4.69, 9.17) is 19.4 Å². The molecule has 7 aromatic carbocycles. The maximum Gasteiger partial charge on any atom is 0.164 e. The Bertz CT molecular complexity index is 2750. The van der Waals surface area contributed by atoms with E-state index < -0.39 is 0 Å². The molecular formula is C46H31N3O. The number of aromatic nitrogens is 3. The van der Waals surface area contributed by atoms with E-state index in [0.717, 1.165) is 82.1 Å². The topological polar surface area (TPSA) is 51.8 Å². The number of furan rings is 1. The summed E-state index contributed by atoms with van der Waals surface area (Å²) >= 11 is 0. The fourth-order valence-corrected chi connectivity index (χ4v) is 7.12. The molecule has 0 radical (unpaired) electrons. The van der Waals surface area contributed by atoms with Gasteiger partial charge in [0.25, 0.3) is 0 Å². The fourth-order valence-electron chi connectivity index (χ4n) is 7.12. The zero-order chi connectivity index (χ0) is 33.6. The minimum absolute atomic E-state index is 0.601. The molecule has 2 aromatic heterocycles. The Morgan fingerprint density at radius 2 is 1.10 bits per heavy atom. The van der Waals surface area contributed by atoms with Crippen molar-refractivity contribution in [3.8, 4) is 34.2 Å². The standard InChI is InChI=1S/C46H31N3O/c1-3-5-15-29(4-2)34-24-14-27-41-42(34)40-28-39(35-22-10-11-23-36(35)43(40)50-41)46-48-44(37-25-12-18-30-16-6-8-20-32(30)37)47-45(49-46)38-26-13-19-31-17-7-9-21-33(31)38/h3-28H,2H2,1H3/b5-3-,29-15+. The summed E-state index contributed by atoms with van der Waals surface area (Å²) in [6, 6.07) is 46.1. The molecule has 4 nitrogen and oxygen atoms in total. The Morgan fingerprint density at radius 3 is 1.72 bits per heavy atom. The summed E-state index contributed by atoms with van der Waals surface area (Å²) in [6.45, 7) is 6.15. The Labute approximate surface area is 289 Å². The lowest BCUT2D eigenvalue weighted by Crippen LogP contribution is -2.01. The Hall–Kier alpha value is -6.65. The normalized spacial score (nSPS) is 12.2. The monoisotopic (exact) mass is 641 g/mol. The maximum atomic E-state index is 6.65. The van der Waals surface area contributed by atoms with Crippen LogP contribution in [0, 0.1) is 0 Å². The maximum absolute atomic E-state index is 6.65. The van der Waals surface area contributed by atoms with Crippen LogP contribution in [0.1, 0.15) is 12.5 Å². The summed E-state index contributed by atoms with van der Waals surface area (Å²) in [6.07, 6.45) is 8.04. The van der Waals surface area contributed by atoms with Crippen LogP contribution in [0.25, 0.3) is 94.0 Å². The number of hydrogen-bond donors (Lipinski definition) is 0. The zero-order valence-electron chi connectivity index (χ0n) is 27.5. The third-order valence-corrected chi connectivity index (χ3v) is 9.44. The SMILES string of the molecule is C=C/C(=C\C=C/C)c1cccc2oc3c4ccccc4c(-c4nc(-c5cccc6ccccc56)nc(-c5cccc6ccccc56)n4)cc3c12.